The zero-order valence-corrected chi connectivity index (χ0v) is 16.6. The van der Waals surface area contributed by atoms with Crippen molar-refractivity contribution in [1.82, 2.24) is 14.9 Å². The summed E-state index contributed by atoms with van der Waals surface area (Å²) in [7, 11) is 1.36. The van der Waals surface area contributed by atoms with Crippen LogP contribution >= 0.6 is 0 Å². The van der Waals surface area contributed by atoms with Gasteiger partial charge in [0.05, 0.1) is 18.4 Å². The lowest BCUT2D eigenvalue weighted by molar-refractivity contribution is -0.128. The molecule has 160 valence electrons. The number of methoxy groups -OCH3 is 1. The van der Waals surface area contributed by atoms with Gasteiger partial charge in [-0.2, -0.15) is 0 Å². The largest absolute Gasteiger partial charge is 0.483 e. The van der Waals surface area contributed by atoms with Crippen molar-refractivity contribution in [2.45, 2.75) is 19.8 Å². The molecule has 3 heterocycles. The van der Waals surface area contributed by atoms with Crippen molar-refractivity contribution in [3.63, 3.8) is 0 Å². The Bertz CT molecular complexity index is 866. The first-order chi connectivity index (χ1) is 14.4. The monoisotopic (exact) mass is 417 g/mol. The molecule has 10 heteroatoms. The minimum Gasteiger partial charge on any atom is -0.483 e. The number of rotatable bonds is 2. The first-order valence-corrected chi connectivity index (χ1v) is 8.86. The Morgan fingerprint density at radius 3 is 2.33 bits per heavy atom. The second-order valence-electron chi connectivity index (χ2n) is 5.94. The van der Waals surface area contributed by atoms with E-state index in [9.17, 15) is 9.59 Å². The molecule has 10 nitrogen and oxygen atoms in total. The summed E-state index contributed by atoms with van der Waals surface area (Å²) in [6, 6.07) is 5.52. The maximum atomic E-state index is 12.2. The molecule has 0 spiro atoms. The van der Waals surface area contributed by atoms with Gasteiger partial charge in [0.2, 0.25) is 5.91 Å². The van der Waals surface area contributed by atoms with Gasteiger partial charge < -0.3 is 19.8 Å². The maximum Gasteiger partial charge on any atom is 0.340 e. The first kappa shape index (κ1) is 24.2. The minimum atomic E-state index is -0.420. The summed E-state index contributed by atoms with van der Waals surface area (Å²) >= 11 is 0. The molecular weight excluding hydrogens is 394 g/mol. The van der Waals surface area contributed by atoms with E-state index in [1.807, 2.05) is 17.0 Å². The Labute approximate surface area is 173 Å². The zero-order valence-electron chi connectivity index (χ0n) is 16.6. The molecule has 0 saturated heterocycles. The van der Waals surface area contributed by atoms with Crippen LogP contribution in [0.25, 0.3) is 11.3 Å². The third kappa shape index (κ3) is 6.66. The zero-order chi connectivity index (χ0) is 22.5. The predicted molar refractivity (Wildman–Crippen MR) is 106 cm³/mol. The number of esters is 1. The van der Waals surface area contributed by atoms with Crippen molar-refractivity contribution in [3.8, 4) is 11.3 Å². The van der Waals surface area contributed by atoms with Gasteiger partial charge in [-0.3, -0.25) is 24.4 Å². The lowest BCUT2D eigenvalue weighted by atomic mass is 10.0. The summed E-state index contributed by atoms with van der Waals surface area (Å²) in [5, 5.41) is 13.8. The second-order valence-corrected chi connectivity index (χ2v) is 5.94. The Balaban J connectivity index is 0.000000672. The van der Waals surface area contributed by atoms with E-state index in [1.165, 1.54) is 7.11 Å². The highest BCUT2D eigenvalue weighted by Gasteiger charge is 2.22. The highest BCUT2D eigenvalue weighted by atomic mass is 16.5. The van der Waals surface area contributed by atoms with Crippen LogP contribution in [0.15, 0.2) is 30.6 Å². The standard InChI is InChI=1S/C18H19N3O3.2CH2O2/c1-12(22)21-8-5-13-10-15(18(23)24-2)17(20-16(13)6-9-21)14-4-3-7-19-11-14;2*2-1-3/h3-4,7,10-11H,5-6,8-9H2,1-2H3;2*1H,(H,2,3). The van der Waals surface area contributed by atoms with Gasteiger partial charge in [-0.15, -0.1) is 0 Å². The molecule has 3 rings (SSSR count). The molecule has 2 aromatic rings. The highest BCUT2D eigenvalue weighted by molar-refractivity contribution is 5.96. The number of fused-ring (bicyclic) bond motifs is 1. The number of aromatic nitrogens is 2. The molecule has 0 aliphatic carbocycles. The van der Waals surface area contributed by atoms with Crippen molar-refractivity contribution in [2.24, 2.45) is 0 Å². The SMILES string of the molecule is COC(=O)c1cc2c(nc1-c1cccnc1)CCN(C(C)=O)CC2.O=CO.O=CO. The lowest BCUT2D eigenvalue weighted by Gasteiger charge is -2.17. The second kappa shape index (κ2) is 12.6. The van der Waals surface area contributed by atoms with Crippen LogP contribution in [0.3, 0.4) is 0 Å². The molecule has 0 saturated carbocycles. The van der Waals surface area contributed by atoms with Gasteiger partial charge in [-0.25, -0.2) is 4.79 Å². The molecule has 0 radical (unpaired) electrons. The first-order valence-electron chi connectivity index (χ1n) is 8.86. The van der Waals surface area contributed by atoms with E-state index in [0.717, 1.165) is 16.8 Å². The molecule has 0 fully saturated rings. The van der Waals surface area contributed by atoms with Crippen LogP contribution in [0, 0.1) is 0 Å². The topological polar surface area (TPSA) is 147 Å². The van der Waals surface area contributed by atoms with E-state index in [4.69, 9.17) is 29.5 Å². The van der Waals surface area contributed by atoms with Crippen molar-refractivity contribution in [2.75, 3.05) is 20.2 Å². The number of carboxylic acid groups (broad SMARTS) is 2. The van der Waals surface area contributed by atoms with E-state index in [1.54, 1.807) is 25.4 Å². The summed E-state index contributed by atoms with van der Waals surface area (Å²) in [5.41, 5.74) is 3.69. The molecule has 0 aromatic carbocycles. The fourth-order valence-corrected chi connectivity index (χ4v) is 2.94. The van der Waals surface area contributed by atoms with E-state index < -0.39 is 5.97 Å². The van der Waals surface area contributed by atoms with Crippen LogP contribution in [0.4, 0.5) is 0 Å². The number of carbonyl (C=O) groups is 4. The molecule has 0 bridgehead atoms. The summed E-state index contributed by atoms with van der Waals surface area (Å²) < 4.78 is 4.92. The molecule has 1 aliphatic heterocycles. The van der Waals surface area contributed by atoms with Gasteiger partial charge in [0.25, 0.3) is 12.9 Å². The number of nitrogens with zero attached hydrogens (tertiary/aromatic N) is 3. The van der Waals surface area contributed by atoms with Gasteiger partial charge in [0.1, 0.15) is 0 Å². The third-order valence-corrected chi connectivity index (χ3v) is 4.25. The number of amides is 1. The molecule has 0 atom stereocenters. The quantitative estimate of drug-likeness (QED) is 0.544. The molecule has 2 aromatic heterocycles. The van der Waals surface area contributed by atoms with Gasteiger partial charge in [0.15, 0.2) is 0 Å². The summed E-state index contributed by atoms with van der Waals surface area (Å²) in [4.78, 5) is 51.2. The number of hydrogen-bond acceptors (Lipinski definition) is 7. The Kier molecular flexibility index (Phi) is 10.2. The van der Waals surface area contributed by atoms with E-state index >= 15 is 0 Å². The Morgan fingerprint density at radius 2 is 1.80 bits per heavy atom. The maximum absolute atomic E-state index is 12.2. The molecular formula is C20H23N3O7. The van der Waals surface area contributed by atoms with Crippen LogP contribution in [-0.2, 0) is 32.0 Å². The number of hydrogen-bond donors (Lipinski definition) is 2. The van der Waals surface area contributed by atoms with Gasteiger partial charge in [-0.1, -0.05) is 0 Å². The summed E-state index contributed by atoms with van der Waals surface area (Å²) in [6.45, 7) is 2.35. The van der Waals surface area contributed by atoms with Crippen molar-refractivity contribution >= 4 is 24.8 Å². The van der Waals surface area contributed by atoms with Gasteiger partial charge in [-0.05, 0) is 30.2 Å². The summed E-state index contributed by atoms with van der Waals surface area (Å²) in [6.07, 6.45) is 4.71. The molecule has 1 amide bonds. The predicted octanol–water partition coefficient (Wildman–Crippen LogP) is 1.28. The number of carbonyl (C=O) groups excluding carboxylic acids is 2. The average molecular weight is 417 g/mol. The third-order valence-electron chi connectivity index (χ3n) is 4.25. The Hall–Kier alpha value is -3.82. The van der Waals surface area contributed by atoms with E-state index in [-0.39, 0.29) is 18.9 Å². The summed E-state index contributed by atoms with van der Waals surface area (Å²) in [5.74, 6) is -0.361. The molecule has 2 N–H and O–H groups in total. The minimum absolute atomic E-state index is 0.0588. The normalized spacial score (nSPS) is 11.9. The van der Waals surface area contributed by atoms with Crippen LogP contribution < -0.4 is 0 Å². The van der Waals surface area contributed by atoms with E-state index in [0.29, 0.717) is 37.2 Å². The van der Waals surface area contributed by atoms with Crippen molar-refractivity contribution < 1.29 is 34.1 Å². The number of ether oxygens (including phenoxy) is 1. The smallest absolute Gasteiger partial charge is 0.340 e. The van der Waals surface area contributed by atoms with Crippen LogP contribution in [0.1, 0.15) is 28.5 Å². The number of pyridine rings is 2. The van der Waals surface area contributed by atoms with Gasteiger partial charge >= 0.3 is 5.97 Å². The van der Waals surface area contributed by atoms with Crippen LogP contribution in [0.2, 0.25) is 0 Å². The highest BCUT2D eigenvalue weighted by Crippen LogP contribution is 2.26. The van der Waals surface area contributed by atoms with Crippen molar-refractivity contribution in [1.29, 1.82) is 0 Å². The lowest BCUT2D eigenvalue weighted by Crippen LogP contribution is -2.30. The fourth-order valence-electron chi connectivity index (χ4n) is 2.94. The average Bonchev–Trinajstić information content (AvgIpc) is 2.96. The van der Waals surface area contributed by atoms with Gasteiger partial charge in [0, 0.05) is 50.1 Å². The van der Waals surface area contributed by atoms with E-state index in [2.05, 4.69) is 4.98 Å². The Morgan fingerprint density at radius 1 is 1.17 bits per heavy atom. The fraction of sp³-hybridized carbons (Fsp3) is 0.300. The van der Waals surface area contributed by atoms with Crippen LogP contribution in [0.5, 0.6) is 0 Å². The van der Waals surface area contributed by atoms with Crippen LogP contribution in [-0.4, -0.2) is 70.1 Å². The molecule has 1 aliphatic rings. The molecule has 30 heavy (non-hydrogen) atoms. The van der Waals surface area contributed by atoms with Crippen molar-refractivity contribution in [3.05, 3.63) is 47.4 Å². The molecule has 0 unspecified atom stereocenters.